The minimum absolute atomic E-state index is 0.0572. The van der Waals surface area contributed by atoms with Gasteiger partial charge < -0.3 is 14.6 Å². The van der Waals surface area contributed by atoms with E-state index in [1.54, 1.807) is 12.1 Å². The second-order valence-electron chi connectivity index (χ2n) is 8.97. The van der Waals surface area contributed by atoms with Crippen LogP contribution in [0.3, 0.4) is 0 Å². The van der Waals surface area contributed by atoms with Crippen LogP contribution in [0, 0.1) is 11.3 Å². The largest absolute Gasteiger partial charge is 0.504 e. The Balaban J connectivity index is 2.03. The van der Waals surface area contributed by atoms with Crippen molar-refractivity contribution in [3.05, 3.63) is 23.5 Å². The molecule has 0 amide bonds. The molecule has 24 heavy (non-hydrogen) atoms. The predicted molar refractivity (Wildman–Crippen MR) is 95.7 cm³/mol. The van der Waals surface area contributed by atoms with Gasteiger partial charge in [-0.05, 0) is 48.5 Å². The number of phenolic OH excluding ortho intramolecular Hbond substituents is 2. The summed E-state index contributed by atoms with van der Waals surface area (Å²) in [5.74, 6) is 1.88. The number of rotatable bonds is 0. The molecule has 2 aromatic rings. The third-order valence-corrected chi connectivity index (χ3v) is 6.95. The minimum Gasteiger partial charge on any atom is -0.504 e. The van der Waals surface area contributed by atoms with Gasteiger partial charge in [-0.25, -0.2) is 0 Å². The van der Waals surface area contributed by atoms with Gasteiger partial charge in [0.25, 0.3) is 0 Å². The Morgan fingerprint density at radius 3 is 2.50 bits per heavy atom. The van der Waals surface area contributed by atoms with E-state index in [0.29, 0.717) is 22.8 Å². The number of hydrogen-bond donors (Lipinski definition) is 2. The van der Waals surface area contributed by atoms with Crippen LogP contribution in [0.2, 0.25) is 0 Å². The van der Waals surface area contributed by atoms with Gasteiger partial charge in [-0.1, -0.05) is 34.1 Å². The van der Waals surface area contributed by atoms with Gasteiger partial charge in [0, 0.05) is 22.9 Å². The van der Waals surface area contributed by atoms with E-state index in [9.17, 15) is 10.2 Å². The molecule has 2 aliphatic rings. The minimum atomic E-state index is -0.107. The van der Waals surface area contributed by atoms with E-state index in [2.05, 4.69) is 27.7 Å². The topological polar surface area (TPSA) is 53.6 Å². The fourth-order valence-corrected chi connectivity index (χ4v) is 5.75. The van der Waals surface area contributed by atoms with Crippen molar-refractivity contribution in [3.63, 3.8) is 0 Å². The number of benzene rings is 1. The molecule has 0 spiro atoms. The summed E-state index contributed by atoms with van der Waals surface area (Å²) in [4.78, 5) is 0. The zero-order valence-electron chi connectivity index (χ0n) is 15.1. The zero-order valence-corrected chi connectivity index (χ0v) is 15.1. The number of hydrogen-bond acceptors (Lipinski definition) is 3. The highest BCUT2D eigenvalue weighted by Crippen LogP contribution is 2.59. The van der Waals surface area contributed by atoms with Gasteiger partial charge in [0.15, 0.2) is 11.5 Å². The maximum atomic E-state index is 10.1. The second kappa shape index (κ2) is 4.93. The third kappa shape index (κ3) is 2.03. The number of phenols is 2. The molecular formula is C21H28O3. The Morgan fingerprint density at radius 1 is 1.04 bits per heavy atom. The molecule has 4 rings (SSSR count). The Bertz CT molecular complexity index is 801. The van der Waals surface area contributed by atoms with Crippen molar-refractivity contribution in [1.82, 2.24) is 0 Å². The van der Waals surface area contributed by atoms with E-state index in [4.69, 9.17) is 4.42 Å². The Hall–Kier alpha value is -1.64. The first-order chi connectivity index (χ1) is 11.2. The molecule has 1 fully saturated rings. The van der Waals surface area contributed by atoms with Crippen molar-refractivity contribution < 1.29 is 14.6 Å². The molecule has 1 unspecified atom stereocenters. The molecule has 3 atom stereocenters. The summed E-state index contributed by atoms with van der Waals surface area (Å²) in [5, 5.41) is 20.9. The van der Waals surface area contributed by atoms with Crippen molar-refractivity contribution >= 4 is 11.0 Å². The SMILES string of the molecule is C[C@@H]1CCC2C(C)(C)CCC[C@]2(C)c2c1oc1cc(O)c(O)cc21. The normalized spacial score (nSPS) is 32.2. The lowest BCUT2D eigenvalue weighted by atomic mass is 9.53. The van der Waals surface area contributed by atoms with E-state index in [1.807, 2.05) is 0 Å². The van der Waals surface area contributed by atoms with Gasteiger partial charge >= 0.3 is 0 Å². The number of aromatic hydroxyl groups is 2. The molecular weight excluding hydrogens is 300 g/mol. The molecule has 3 heteroatoms. The van der Waals surface area contributed by atoms with Crippen LogP contribution in [0.4, 0.5) is 0 Å². The molecule has 130 valence electrons. The highest BCUT2D eigenvalue weighted by Gasteiger charge is 2.51. The number of fused-ring (bicyclic) bond motifs is 5. The lowest BCUT2D eigenvalue weighted by molar-refractivity contribution is 0.0504. The first kappa shape index (κ1) is 15.9. The maximum absolute atomic E-state index is 10.1. The fourth-order valence-electron chi connectivity index (χ4n) is 5.75. The van der Waals surface area contributed by atoms with Crippen molar-refractivity contribution in [2.75, 3.05) is 0 Å². The Kier molecular flexibility index (Phi) is 3.26. The molecule has 2 N–H and O–H groups in total. The van der Waals surface area contributed by atoms with Crippen LogP contribution in [0.5, 0.6) is 11.5 Å². The Morgan fingerprint density at radius 2 is 1.75 bits per heavy atom. The highest BCUT2D eigenvalue weighted by molar-refractivity contribution is 5.87. The van der Waals surface area contributed by atoms with Gasteiger partial charge in [-0.2, -0.15) is 0 Å². The van der Waals surface area contributed by atoms with Gasteiger partial charge in [-0.3, -0.25) is 0 Å². The second-order valence-corrected chi connectivity index (χ2v) is 8.97. The third-order valence-electron chi connectivity index (χ3n) is 6.95. The average Bonchev–Trinajstić information content (AvgIpc) is 2.80. The molecule has 3 nitrogen and oxygen atoms in total. The van der Waals surface area contributed by atoms with Crippen LogP contribution in [0.15, 0.2) is 16.5 Å². The van der Waals surface area contributed by atoms with Gasteiger partial charge in [0.05, 0.1) is 0 Å². The monoisotopic (exact) mass is 328 g/mol. The van der Waals surface area contributed by atoms with Gasteiger partial charge in [0.1, 0.15) is 11.3 Å². The standard InChI is InChI=1S/C21H28O3/c1-12-6-7-17-20(2,3)8-5-9-21(17,4)18-13-10-14(22)15(23)11-16(13)24-19(12)18/h10-12,17,22-23H,5-9H2,1-4H3/t12-,17?,21+/m1/s1. The van der Waals surface area contributed by atoms with Crippen molar-refractivity contribution in [2.24, 2.45) is 11.3 Å². The first-order valence-electron chi connectivity index (χ1n) is 9.23. The molecule has 1 heterocycles. The predicted octanol–water partition coefficient (Wildman–Crippen LogP) is 5.83. The van der Waals surface area contributed by atoms with Crippen LogP contribution in [0.1, 0.15) is 77.0 Å². The summed E-state index contributed by atoms with van der Waals surface area (Å²) in [5.41, 5.74) is 2.37. The fraction of sp³-hybridized carbons (Fsp3) is 0.619. The van der Waals surface area contributed by atoms with Gasteiger partial charge in [-0.15, -0.1) is 0 Å². The van der Waals surface area contributed by atoms with Gasteiger partial charge in [0.2, 0.25) is 0 Å². The van der Waals surface area contributed by atoms with Crippen LogP contribution >= 0.6 is 0 Å². The lowest BCUT2D eigenvalue weighted by Gasteiger charge is -2.50. The highest BCUT2D eigenvalue weighted by atomic mass is 16.3. The van der Waals surface area contributed by atoms with Crippen molar-refractivity contribution in [2.45, 2.75) is 71.1 Å². The summed E-state index contributed by atoms with van der Waals surface area (Å²) in [6, 6.07) is 3.27. The van der Waals surface area contributed by atoms with E-state index in [0.717, 1.165) is 24.0 Å². The molecule has 0 aliphatic heterocycles. The average molecular weight is 328 g/mol. The summed E-state index contributed by atoms with van der Waals surface area (Å²) in [7, 11) is 0. The van der Waals surface area contributed by atoms with E-state index in [-0.39, 0.29) is 16.9 Å². The van der Waals surface area contributed by atoms with Crippen molar-refractivity contribution in [1.29, 1.82) is 0 Å². The zero-order chi connectivity index (χ0) is 17.3. The quantitative estimate of drug-likeness (QED) is 0.599. The summed E-state index contributed by atoms with van der Waals surface area (Å²) >= 11 is 0. The summed E-state index contributed by atoms with van der Waals surface area (Å²) < 4.78 is 6.23. The molecule has 0 bridgehead atoms. The maximum Gasteiger partial charge on any atom is 0.161 e. The molecule has 2 aliphatic carbocycles. The van der Waals surface area contributed by atoms with E-state index in [1.165, 1.54) is 24.8 Å². The molecule has 0 saturated heterocycles. The summed E-state index contributed by atoms with van der Waals surface area (Å²) in [6.07, 6.45) is 6.02. The molecule has 1 aromatic carbocycles. The van der Waals surface area contributed by atoms with Crippen molar-refractivity contribution in [3.8, 4) is 11.5 Å². The molecule has 0 radical (unpaired) electrons. The van der Waals surface area contributed by atoms with E-state index >= 15 is 0 Å². The molecule has 1 aromatic heterocycles. The molecule has 1 saturated carbocycles. The van der Waals surface area contributed by atoms with Crippen LogP contribution in [0.25, 0.3) is 11.0 Å². The van der Waals surface area contributed by atoms with E-state index < -0.39 is 0 Å². The van der Waals surface area contributed by atoms with Crippen LogP contribution in [-0.2, 0) is 5.41 Å². The lowest BCUT2D eigenvalue weighted by Crippen LogP contribution is -2.44. The first-order valence-corrected chi connectivity index (χ1v) is 9.23. The van der Waals surface area contributed by atoms with Crippen LogP contribution in [-0.4, -0.2) is 10.2 Å². The van der Waals surface area contributed by atoms with Crippen LogP contribution < -0.4 is 0 Å². The smallest absolute Gasteiger partial charge is 0.161 e. The Labute approximate surface area is 143 Å². The summed E-state index contributed by atoms with van der Waals surface area (Å²) in [6.45, 7) is 9.47. The number of furan rings is 1.